The molecule has 1 aliphatic heterocycles. The van der Waals surface area contributed by atoms with Gasteiger partial charge in [-0.15, -0.1) is 0 Å². The fourth-order valence-corrected chi connectivity index (χ4v) is 2.05. The number of benzene rings is 1. The van der Waals surface area contributed by atoms with E-state index in [1.165, 1.54) is 11.1 Å². The van der Waals surface area contributed by atoms with Gasteiger partial charge < -0.3 is 4.98 Å². The summed E-state index contributed by atoms with van der Waals surface area (Å²) in [4.78, 5) is 18.8. The summed E-state index contributed by atoms with van der Waals surface area (Å²) in [6.07, 6.45) is 1.09. The van der Waals surface area contributed by atoms with Crippen LogP contribution in [0, 0.1) is 13.8 Å². The van der Waals surface area contributed by atoms with Crippen LogP contribution in [-0.2, 0) is 4.79 Å². The van der Waals surface area contributed by atoms with E-state index in [4.69, 9.17) is 0 Å². The number of fused-ring (bicyclic) bond motifs is 1. The SMILES string of the molecule is Cc1cc2nc(C3=NNC(=O)CC3)[nH]c2cc1C. The largest absolute Gasteiger partial charge is 0.337 e. The van der Waals surface area contributed by atoms with Gasteiger partial charge in [0.1, 0.15) is 5.71 Å². The minimum absolute atomic E-state index is 0.0402. The number of imidazole rings is 1. The Bertz CT molecular complexity index is 630. The molecule has 0 aliphatic carbocycles. The standard InChI is InChI=1S/C13H14N4O/c1-7-5-10-11(6-8(7)2)15-13(14-10)9-3-4-12(18)17-16-9/h5-6H,3-4H2,1-2H3,(H,14,15)(H,17,18). The molecule has 2 aromatic rings. The Morgan fingerprint density at radius 2 is 1.94 bits per heavy atom. The summed E-state index contributed by atoms with van der Waals surface area (Å²) in [7, 11) is 0. The van der Waals surface area contributed by atoms with Crippen LogP contribution < -0.4 is 5.43 Å². The Labute approximate surface area is 104 Å². The van der Waals surface area contributed by atoms with Crippen LogP contribution >= 0.6 is 0 Å². The number of carbonyl (C=O) groups excluding carboxylic acids is 1. The lowest BCUT2D eigenvalue weighted by molar-refractivity contribution is -0.121. The lowest BCUT2D eigenvalue weighted by Gasteiger charge is -2.08. The molecule has 1 amide bonds. The van der Waals surface area contributed by atoms with Crippen molar-refractivity contribution in [1.82, 2.24) is 15.4 Å². The predicted octanol–water partition coefficient (Wildman–Crippen LogP) is 1.79. The molecular formula is C13H14N4O. The van der Waals surface area contributed by atoms with Gasteiger partial charge in [-0.25, -0.2) is 10.4 Å². The molecule has 18 heavy (non-hydrogen) atoms. The molecule has 0 spiro atoms. The molecule has 1 aliphatic rings. The minimum Gasteiger partial charge on any atom is -0.337 e. The number of rotatable bonds is 1. The van der Waals surface area contributed by atoms with Crippen molar-refractivity contribution in [3.05, 3.63) is 29.1 Å². The van der Waals surface area contributed by atoms with Crippen LogP contribution in [0.15, 0.2) is 17.2 Å². The third-order valence-corrected chi connectivity index (χ3v) is 3.28. The monoisotopic (exact) mass is 242 g/mol. The number of amides is 1. The van der Waals surface area contributed by atoms with Crippen molar-refractivity contribution in [2.24, 2.45) is 5.10 Å². The highest BCUT2D eigenvalue weighted by Gasteiger charge is 2.16. The molecule has 5 heteroatoms. The van der Waals surface area contributed by atoms with Gasteiger partial charge in [-0.2, -0.15) is 5.10 Å². The minimum atomic E-state index is -0.0402. The van der Waals surface area contributed by atoms with Crippen LogP contribution in [0.5, 0.6) is 0 Å². The smallest absolute Gasteiger partial charge is 0.240 e. The highest BCUT2D eigenvalue weighted by Crippen LogP contribution is 2.18. The van der Waals surface area contributed by atoms with Gasteiger partial charge in [-0.3, -0.25) is 4.79 Å². The average Bonchev–Trinajstić information content (AvgIpc) is 2.73. The van der Waals surface area contributed by atoms with Gasteiger partial charge in [0.15, 0.2) is 5.82 Å². The van der Waals surface area contributed by atoms with E-state index < -0.39 is 0 Å². The number of aromatic nitrogens is 2. The molecule has 5 nitrogen and oxygen atoms in total. The second-order valence-corrected chi connectivity index (χ2v) is 4.63. The van der Waals surface area contributed by atoms with E-state index in [1.807, 2.05) is 0 Å². The van der Waals surface area contributed by atoms with E-state index in [0.29, 0.717) is 12.8 Å². The number of carbonyl (C=O) groups is 1. The Kier molecular flexibility index (Phi) is 2.40. The highest BCUT2D eigenvalue weighted by atomic mass is 16.2. The Hall–Kier alpha value is -2.17. The fraction of sp³-hybridized carbons (Fsp3) is 0.308. The molecule has 0 bridgehead atoms. The number of nitrogens with zero attached hydrogens (tertiary/aromatic N) is 2. The van der Waals surface area contributed by atoms with E-state index in [0.717, 1.165) is 22.6 Å². The lowest BCUT2D eigenvalue weighted by Crippen LogP contribution is -2.26. The third-order valence-electron chi connectivity index (χ3n) is 3.28. The topological polar surface area (TPSA) is 70.1 Å². The van der Waals surface area contributed by atoms with Gasteiger partial charge in [-0.1, -0.05) is 0 Å². The molecule has 0 fully saturated rings. The van der Waals surface area contributed by atoms with E-state index in [2.05, 4.69) is 46.5 Å². The zero-order valence-electron chi connectivity index (χ0n) is 10.4. The van der Waals surface area contributed by atoms with E-state index >= 15 is 0 Å². The molecule has 2 heterocycles. The summed E-state index contributed by atoms with van der Waals surface area (Å²) in [5, 5.41) is 4.04. The second-order valence-electron chi connectivity index (χ2n) is 4.63. The summed E-state index contributed by atoms with van der Waals surface area (Å²) < 4.78 is 0. The number of aromatic amines is 1. The van der Waals surface area contributed by atoms with Crippen molar-refractivity contribution in [2.45, 2.75) is 26.7 Å². The first kappa shape index (κ1) is 11.0. The number of hydrogen-bond donors (Lipinski definition) is 2. The third kappa shape index (κ3) is 1.77. The molecule has 3 rings (SSSR count). The van der Waals surface area contributed by atoms with Crippen molar-refractivity contribution in [1.29, 1.82) is 0 Å². The van der Waals surface area contributed by atoms with Crippen molar-refractivity contribution in [2.75, 3.05) is 0 Å². The van der Waals surface area contributed by atoms with Crippen LogP contribution in [0.3, 0.4) is 0 Å². The van der Waals surface area contributed by atoms with Gasteiger partial charge in [0, 0.05) is 12.8 Å². The number of hydrazone groups is 1. The number of aryl methyl sites for hydroxylation is 2. The Morgan fingerprint density at radius 3 is 2.67 bits per heavy atom. The maximum absolute atomic E-state index is 11.1. The van der Waals surface area contributed by atoms with E-state index in [9.17, 15) is 4.79 Å². The fourth-order valence-electron chi connectivity index (χ4n) is 2.05. The van der Waals surface area contributed by atoms with Gasteiger partial charge >= 0.3 is 0 Å². The number of nitrogens with one attached hydrogen (secondary N) is 2. The average molecular weight is 242 g/mol. The first-order valence-electron chi connectivity index (χ1n) is 5.96. The predicted molar refractivity (Wildman–Crippen MR) is 69.5 cm³/mol. The lowest BCUT2D eigenvalue weighted by atomic mass is 10.1. The van der Waals surface area contributed by atoms with E-state index in [-0.39, 0.29) is 5.91 Å². The second kappa shape index (κ2) is 3.94. The van der Waals surface area contributed by atoms with Gasteiger partial charge in [0.25, 0.3) is 0 Å². The first-order chi connectivity index (χ1) is 8.63. The van der Waals surface area contributed by atoms with Gasteiger partial charge in [-0.05, 0) is 37.1 Å². The summed E-state index contributed by atoms with van der Waals surface area (Å²) in [6, 6.07) is 4.15. The molecule has 0 saturated carbocycles. The van der Waals surface area contributed by atoms with Crippen LogP contribution in [0.4, 0.5) is 0 Å². The van der Waals surface area contributed by atoms with Crippen molar-refractivity contribution in [3.63, 3.8) is 0 Å². The normalized spacial score (nSPS) is 15.7. The van der Waals surface area contributed by atoms with Gasteiger partial charge in [0.05, 0.1) is 11.0 Å². The molecule has 1 aromatic heterocycles. The molecule has 1 aromatic carbocycles. The van der Waals surface area contributed by atoms with Crippen LogP contribution in [0.2, 0.25) is 0 Å². The summed E-state index contributed by atoms with van der Waals surface area (Å²) in [6.45, 7) is 4.15. The summed E-state index contributed by atoms with van der Waals surface area (Å²) in [5.74, 6) is 0.705. The Morgan fingerprint density at radius 1 is 1.17 bits per heavy atom. The summed E-state index contributed by atoms with van der Waals surface area (Å²) >= 11 is 0. The molecule has 2 N–H and O–H groups in total. The first-order valence-corrected chi connectivity index (χ1v) is 5.96. The van der Waals surface area contributed by atoms with Crippen LogP contribution in [-0.4, -0.2) is 21.6 Å². The van der Waals surface area contributed by atoms with Crippen LogP contribution in [0.1, 0.15) is 29.8 Å². The molecule has 0 atom stereocenters. The number of H-pyrrole nitrogens is 1. The zero-order chi connectivity index (χ0) is 12.7. The van der Waals surface area contributed by atoms with Crippen molar-refractivity contribution >= 4 is 22.7 Å². The molecule has 0 unspecified atom stereocenters. The zero-order valence-corrected chi connectivity index (χ0v) is 10.4. The maximum atomic E-state index is 11.1. The number of hydrogen-bond acceptors (Lipinski definition) is 3. The summed E-state index contributed by atoms with van der Waals surface area (Å²) in [5.41, 5.74) is 7.69. The van der Waals surface area contributed by atoms with Gasteiger partial charge in [0.2, 0.25) is 5.91 Å². The molecule has 0 radical (unpaired) electrons. The molecular weight excluding hydrogens is 228 g/mol. The van der Waals surface area contributed by atoms with E-state index in [1.54, 1.807) is 0 Å². The Balaban J connectivity index is 2.06. The van der Waals surface area contributed by atoms with Crippen molar-refractivity contribution < 1.29 is 4.79 Å². The molecule has 0 saturated heterocycles. The maximum Gasteiger partial charge on any atom is 0.240 e. The highest BCUT2D eigenvalue weighted by molar-refractivity contribution is 6.03. The van der Waals surface area contributed by atoms with Crippen molar-refractivity contribution in [3.8, 4) is 0 Å². The van der Waals surface area contributed by atoms with Crippen LogP contribution in [0.25, 0.3) is 11.0 Å². The molecule has 92 valence electrons. The quantitative estimate of drug-likeness (QED) is 0.800.